The number of hydrogen-bond donors (Lipinski definition) is 2. The number of carbonyl (C=O) groups is 2. The van der Waals surface area contributed by atoms with Gasteiger partial charge < -0.3 is 14.9 Å². The normalized spacial score (nSPS) is 28.0. The molecule has 148 valence electrons. The Kier molecular flexibility index (Phi) is 6.40. The molecule has 0 aromatic heterocycles. The molecule has 4 atom stereocenters. The smallest absolute Gasteiger partial charge is 0.306 e. The van der Waals surface area contributed by atoms with E-state index in [4.69, 9.17) is 9.84 Å². The molecule has 1 fully saturated rings. The van der Waals surface area contributed by atoms with E-state index in [-0.39, 0.29) is 24.9 Å². The summed E-state index contributed by atoms with van der Waals surface area (Å²) in [6.45, 7) is 2.13. The van der Waals surface area contributed by atoms with E-state index in [0.717, 1.165) is 44.9 Å². The van der Waals surface area contributed by atoms with Gasteiger partial charge in [0.25, 0.3) is 0 Å². The van der Waals surface area contributed by atoms with E-state index < -0.39 is 11.9 Å². The van der Waals surface area contributed by atoms with Gasteiger partial charge in [0.2, 0.25) is 0 Å². The minimum atomic E-state index is -0.969. The number of benzene rings is 1. The number of aryl methyl sites for hydroxylation is 1. The highest BCUT2D eigenvalue weighted by molar-refractivity contribution is 5.76. The van der Waals surface area contributed by atoms with Crippen LogP contribution in [0, 0.1) is 11.8 Å². The zero-order valence-electron chi connectivity index (χ0n) is 16.0. The first-order valence-electron chi connectivity index (χ1n) is 10.2. The minimum absolute atomic E-state index is 0.0549. The van der Waals surface area contributed by atoms with Crippen molar-refractivity contribution in [3.8, 4) is 5.75 Å². The maximum absolute atomic E-state index is 12.0. The summed E-state index contributed by atoms with van der Waals surface area (Å²) >= 11 is 0. The lowest BCUT2D eigenvalue weighted by atomic mass is 9.71. The summed E-state index contributed by atoms with van der Waals surface area (Å²) < 4.78 is 5.65. The quantitative estimate of drug-likeness (QED) is 0.763. The number of hydrogen-bond acceptors (Lipinski definition) is 4. The van der Waals surface area contributed by atoms with Crippen LogP contribution >= 0.6 is 0 Å². The summed E-state index contributed by atoms with van der Waals surface area (Å²) in [6, 6.07) is 5.80. The Bertz CT molecular complexity index is 683. The van der Waals surface area contributed by atoms with Crippen LogP contribution in [0.15, 0.2) is 18.2 Å². The van der Waals surface area contributed by atoms with E-state index in [1.807, 2.05) is 6.07 Å². The molecule has 0 spiro atoms. The molecule has 0 amide bonds. The Morgan fingerprint density at radius 2 is 1.93 bits per heavy atom. The van der Waals surface area contributed by atoms with Crippen LogP contribution in [0.25, 0.3) is 0 Å². The second kappa shape index (κ2) is 8.77. The van der Waals surface area contributed by atoms with Crippen molar-refractivity contribution in [2.75, 3.05) is 0 Å². The van der Waals surface area contributed by atoms with Crippen molar-refractivity contribution in [1.29, 1.82) is 0 Å². The van der Waals surface area contributed by atoms with Crippen molar-refractivity contribution in [2.24, 2.45) is 11.8 Å². The van der Waals surface area contributed by atoms with E-state index in [2.05, 4.69) is 13.0 Å². The van der Waals surface area contributed by atoms with Gasteiger partial charge in [-0.1, -0.05) is 13.0 Å². The van der Waals surface area contributed by atoms with Gasteiger partial charge in [0.05, 0.1) is 12.8 Å². The number of aromatic hydroxyl groups is 1. The number of fused-ring (bicyclic) bond motifs is 3. The van der Waals surface area contributed by atoms with E-state index in [1.165, 1.54) is 11.1 Å². The lowest BCUT2D eigenvalue weighted by Crippen LogP contribution is -2.25. The molecule has 1 aromatic carbocycles. The van der Waals surface area contributed by atoms with Crippen LogP contribution in [0.5, 0.6) is 5.75 Å². The fraction of sp³-hybridized carbons (Fsp3) is 0.636. The summed E-state index contributed by atoms with van der Waals surface area (Å²) in [7, 11) is 0. The molecule has 4 unspecified atom stereocenters. The zero-order valence-corrected chi connectivity index (χ0v) is 16.0. The lowest BCUT2D eigenvalue weighted by molar-refractivity contribution is -0.154. The Balaban J connectivity index is 1.66. The second-order valence-corrected chi connectivity index (χ2v) is 8.20. The number of carbonyl (C=O) groups excluding carboxylic acids is 1. The van der Waals surface area contributed by atoms with Gasteiger partial charge in [-0.3, -0.25) is 9.59 Å². The third kappa shape index (κ3) is 5.02. The van der Waals surface area contributed by atoms with Crippen molar-refractivity contribution >= 4 is 11.9 Å². The predicted molar refractivity (Wildman–Crippen MR) is 102 cm³/mol. The number of carboxylic acid groups (broad SMARTS) is 1. The molecule has 27 heavy (non-hydrogen) atoms. The molecule has 5 nitrogen and oxygen atoms in total. The van der Waals surface area contributed by atoms with Gasteiger partial charge in [0, 0.05) is 0 Å². The van der Waals surface area contributed by atoms with Crippen molar-refractivity contribution in [3.63, 3.8) is 0 Å². The molecule has 1 aromatic rings. The number of phenolic OH excluding ortho intramolecular Hbond substituents is 1. The number of ether oxygens (including phenoxy) is 1. The SMILES string of the molecule is CC1CCC2c3ccc(O)cc3CCC2CCCC1OC(=O)CCC(=O)O. The van der Waals surface area contributed by atoms with Crippen LogP contribution in [-0.2, 0) is 20.7 Å². The third-order valence-corrected chi connectivity index (χ3v) is 6.34. The first kappa shape index (κ1) is 19.7. The monoisotopic (exact) mass is 374 g/mol. The predicted octanol–water partition coefficient (Wildman–Crippen LogP) is 4.42. The van der Waals surface area contributed by atoms with E-state index >= 15 is 0 Å². The standard InChI is InChI=1S/C22H30O5/c1-14-5-9-18-15(6-7-16-13-17(23)8-10-19(16)18)3-2-4-20(14)27-22(26)12-11-21(24)25/h8,10,13-15,18,20,23H,2-7,9,11-12H2,1H3,(H,24,25). The number of carboxylic acids is 1. The fourth-order valence-corrected chi connectivity index (χ4v) is 4.81. The lowest BCUT2D eigenvalue weighted by Gasteiger charge is -2.34. The highest BCUT2D eigenvalue weighted by atomic mass is 16.5. The molecule has 0 bridgehead atoms. The molecular formula is C22H30O5. The summed E-state index contributed by atoms with van der Waals surface area (Å²) in [5.74, 6) is 0.404. The molecule has 0 aliphatic heterocycles. The van der Waals surface area contributed by atoms with Gasteiger partial charge >= 0.3 is 11.9 Å². The van der Waals surface area contributed by atoms with Crippen LogP contribution in [-0.4, -0.2) is 28.3 Å². The van der Waals surface area contributed by atoms with Gasteiger partial charge in [-0.15, -0.1) is 0 Å². The average molecular weight is 374 g/mol. The maximum atomic E-state index is 12.0. The summed E-state index contributed by atoms with van der Waals surface area (Å²) in [5, 5.41) is 18.5. The van der Waals surface area contributed by atoms with Crippen molar-refractivity contribution in [3.05, 3.63) is 29.3 Å². The Morgan fingerprint density at radius 3 is 2.70 bits per heavy atom. The zero-order chi connectivity index (χ0) is 19.4. The number of rotatable bonds is 4. The topological polar surface area (TPSA) is 83.8 Å². The first-order chi connectivity index (χ1) is 12.9. The maximum Gasteiger partial charge on any atom is 0.306 e. The first-order valence-corrected chi connectivity index (χ1v) is 10.2. The molecule has 3 rings (SSSR count). The van der Waals surface area contributed by atoms with Crippen LogP contribution in [0.2, 0.25) is 0 Å². The molecule has 2 N–H and O–H groups in total. The van der Waals surface area contributed by atoms with Crippen LogP contribution in [0.4, 0.5) is 0 Å². The van der Waals surface area contributed by atoms with Gasteiger partial charge in [0.1, 0.15) is 11.9 Å². The summed E-state index contributed by atoms with van der Waals surface area (Å²) in [5.41, 5.74) is 2.66. The van der Waals surface area contributed by atoms with Crippen LogP contribution < -0.4 is 0 Å². The van der Waals surface area contributed by atoms with Gasteiger partial charge in [-0.05, 0) is 86.0 Å². The molecular weight excluding hydrogens is 344 g/mol. The number of aliphatic carboxylic acids is 1. The Hall–Kier alpha value is -2.04. The van der Waals surface area contributed by atoms with Crippen molar-refractivity contribution in [1.82, 2.24) is 0 Å². The summed E-state index contributed by atoms with van der Waals surface area (Å²) in [6.07, 6.45) is 6.87. The third-order valence-electron chi connectivity index (χ3n) is 6.34. The minimum Gasteiger partial charge on any atom is -0.508 e. The molecule has 0 radical (unpaired) electrons. The van der Waals surface area contributed by atoms with Crippen LogP contribution in [0.3, 0.4) is 0 Å². The van der Waals surface area contributed by atoms with Crippen molar-refractivity contribution < 1.29 is 24.5 Å². The highest BCUT2D eigenvalue weighted by Gasteiger charge is 2.33. The number of phenols is 1. The molecule has 0 heterocycles. The van der Waals surface area contributed by atoms with Gasteiger partial charge in [-0.2, -0.15) is 0 Å². The molecule has 1 saturated carbocycles. The molecule has 0 saturated heterocycles. The highest BCUT2D eigenvalue weighted by Crippen LogP contribution is 2.44. The van der Waals surface area contributed by atoms with E-state index in [9.17, 15) is 14.7 Å². The Morgan fingerprint density at radius 1 is 1.11 bits per heavy atom. The largest absolute Gasteiger partial charge is 0.508 e. The van der Waals surface area contributed by atoms with Gasteiger partial charge in [0.15, 0.2) is 0 Å². The molecule has 2 aliphatic carbocycles. The fourth-order valence-electron chi connectivity index (χ4n) is 4.81. The van der Waals surface area contributed by atoms with Crippen LogP contribution in [0.1, 0.15) is 75.3 Å². The molecule has 5 heteroatoms. The van der Waals surface area contributed by atoms with Gasteiger partial charge in [-0.25, -0.2) is 0 Å². The number of esters is 1. The molecule has 2 aliphatic rings. The van der Waals surface area contributed by atoms with E-state index in [0.29, 0.717) is 17.6 Å². The Labute approximate surface area is 160 Å². The van der Waals surface area contributed by atoms with Crippen molar-refractivity contribution in [2.45, 2.75) is 76.7 Å². The average Bonchev–Trinajstić information content (AvgIpc) is 2.70. The van der Waals surface area contributed by atoms with E-state index in [1.54, 1.807) is 6.07 Å². The second-order valence-electron chi connectivity index (χ2n) is 8.20. The summed E-state index contributed by atoms with van der Waals surface area (Å²) in [4.78, 5) is 22.6.